The third kappa shape index (κ3) is 3.11. The van der Waals surface area contributed by atoms with Gasteiger partial charge in [-0.15, -0.1) is 0 Å². The van der Waals surface area contributed by atoms with Crippen molar-refractivity contribution in [1.29, 1.82) is 0 Å². The van der Waals surface area contributed by atoms with E-state index in [1.165, 1.54) is 31.2 Å². The van der Waals surface area contributed by atoms with E-state index in [4.69, 9.17) is 4.74 Å². The van der Waals surface area contributed by atoms with Crippen LogP contribution in [0.5, 0.6) is 0 Å². The monoisotopic (exact) mass is 370 g/mol. The summed E-state index contributed by atoms with van der Waals surface area (Å²) in [6.45, 7) is 6.24. The van der Waals surface area contributed by atoms with Gasteiger partial charge in [0.05, 0.1) is 6.04 Å². The average Bonchev–Trinajstić information content (AvgIpc) is 2.87. The Morgan fingerprint density at radius 1 is 1.26 bits per heavy atom. The molecule has 1 N–H and O–H groups in total. The lowest BCUT2D eigenvalue weighted by Gasteiger charge is -2.52. The first-order valence-electron chi connectivity index (χ1n) is 10.5. The minimum absolute atomic E-state index is 0.149. The van der Waals surface area contributed by atoms with Crippen molar-refractivity contribution in [2.75, 3.05) is 7.11 Å². The first-order chi connectivity index (χ1) is 12.9. The molecular weight excluding hydrogens is 336 g/mol. The van der Waals surface area contributed by atoms with Gasteiger partial charge in [-0.2, -0.15) is 0 Å². The van der Waals surface area contributed by atoms with E-state index in [1.54, 1.807) is 7.11 Å². The molecular formula is C23H34N2O2. The molecule has 1 amide bonds. The summed E-state index contributed by atoms with van der Waals surface area (Å²) in [5.74, 6) is 0.149. The Hall–Kier alpha value is -1.39. The highest BCUT2D eigenvalue weighted by molar-refractivity contribution is 5.85. The molecule has 1 aromatic carbocycles. The van der Waals surface area contributed by atoms with Crippen molar-refractivity contribution >= 4 is 5.91 Å². The Morgan fingerprint density at radius 3 is 2.67 bits per heavy atom. The average molecular weight is 371 g/mol. The van der Waals surface area contributed by atoms with Gasteiger partial charge in [0.15, 0.2) is 0 Å². The van der Waals surface area contributed by atoms with Crippen molar-refractivity contribution in [2.24, 2.45) is 5.41 Å². The highest BCUT2D eigenvalue weighted by Crippen LogP contribution is 2.51. The Bertz CT molecular complexity index is 689. The molecule has 5 atom stereocenters. The lowest BCUT2D eigenvalue weighted by atomic mass is 9.68. The third-order valence-electron chi connectivity index (χ3n) is 7.56. The molecule has 27 heavy (non-hydrogen) atoms. The predicted molar refractivity (Wildman–Crippen MR) is 108 cm³/mol. The minimum Gasteiger partial charge on any atom is -0.369 e. The summed E-state index contributed by atoms with van der Waals surface area (Å²) in [5, 5.41) is 3.95. The number of hydrogen-bond donors (Lipinski definition) is 1. The van der Waals surface area contributed by atoms with Gasteiger partial charge in [-0.3, -0.25) is 4.79 Å². The number of fused-ring (bicyclic) bond motifs is 1. The van der Waals surface area contributed by atoms with Gasteiger partial charge < -0.3 is 15.0 Å². The van der Waals surface area contributed by atoms with Gasteiger partial charge in [0.1, 0.15) is 5.60 Å². The van der Waals surface area contributed by atoms with Gasteiger partial charge in [0.2, 0.25) is 0 Å². The molecule has 3 fully saturated rings. The van der Waals surface area contributed by atoms with E-state index in [2.05, 4.69) is 47.5 Å². The maximum Gasteiger partial charge on any atom is 0.254 e. The fraction of sp³-hybridized carbons (Fsp3) is 0.696. The van der Waals surface area contributed by atoms with Crippen LogP contribution in [0.2, 0.25) is 0 Å². The maximum atomic E-state index is 13.7. The van der Waals surface area contributed by atoms with Crippen LogP contribution in [-0.2, 0) is 16.0 Å². The highest BCUT2D eigenvalue weighted by atomic mass is 16.5. The Morgan fingerprint density at radius 2 is 1.96 bits per heavy atom. The predicted octanol–water partition coefficient (Wildman–Crippen LogP) is 3.54. The number of carbonyl (C=O) groups excluding carboxylic acids is 1. The van der Waals surface area contributed by atoms with Crippen LogP contribution in [0, 0.1) is 5.41 Å². The van der Waals surface area contributed by atoms with Crippen LogP contribution in [-0.4, -0.2) is 47.7 Å². The van der Waals surface area contributed by atoms with Gasteiger partial charge in [0, 0.05) is 30.7 Å². The van der Waals surface area contributed by atoms with Crippen molar-refractivity contribution in [3.05, 3.63) is 35.9 Å². The maximum absolute atomic E-state index is 13.7. The summed E-state index contributed by atoms with van der Waals surface area (Å²) in [4.78, 5) is 16.0. The minimum atomic E-state index is -0.788. The van der Waals surface area contributed by atoms with Crippen molar-refractivity contribution in [3.8, 4) is 0 Å². The number of rotatable bonds is 4. The van der Waals surface area contributed by atoms with E-state index in [-0.39, 0.29) is 17.4 Å². The summed E-state index contributed by atoms with van der Waals surface area (Å²) < 4.78 is 5.63. The molecule has 0 aromatic heterocycles. The molecule has 4 nitrogen and oxygen atoms in total. The molecule has 4 rings (SSSR count). The van der Waals surface area contributed by atoms with Crippen molar-refractivity contribution < 1.29 is 9.53 Å². The van der Waals surface area contributed by atoms with Crippen molar-refractivity contribution in [3.63, 3.8) is 0 Å². The van der Waals surface area contributed by atoms with E-state index in [9.17, 15) is 4.79 Å². The van der Waals surface area contributed by atoms with Crippen molar-refractivity contribution in [2.45, 2.75) is 89.1 Å². The third-order valence-corrected chi connectivity index (χ3v) is 7.56. The van der Waals surface area contributed by atoms with Gasteiger partial charge in [-0.1, -0.05) is 50.1 Å². The van der Waals surface area contributed by atoms with E-state index in [0.29, 0.717) is 18.1 Å². The second-order valence-electron chi connectivity index (χ2n) is 9.52. The summed E-state index contributed by atoms with van der Waals surface area (Å²) in [6.07, 6.45) is 6.89. The van der Waals surface area contributed by atoms with Gasteiger partial charge in [0.25, 0.3) is 5.91 Å². The number of nitrogens with one attached hydrogen (secondary N) is 1. The van der Waals surface area contributed by atoms with Gasteiger partial charge in [-0.05, 0) is 45.1 Å². The summed E-state index contributed by atoms with van der Waals surface area (Å²) >= 11 is 0. The molecule has 2 saturated heterocycles. The molecule has 148 valence electrons. The normalized spacial score (nSPS) is 35.8. The fourth-order valence-electron chi connectivity index (χ4n) is 5.84. The summed E-state index contributed by atoms with van der Waals surface area (Å²) in [7, 11) is 1.65. The largest absolute Gasteiger partial charge is 0.369 e. The van der Waals surface area contributed by atoms with Gasteiger partial charge >= 0.3 is 0 Å². The van der Waals surface area contributed by atoms with Crippen LogP contribution in [0.4, 0.5) is 0 Å². The molecule has 2 bridgehead atoms. The Kier molecular flexibility index (Phi) is 4.84. The molecule has 2 aliphatic heterocycles. The van der Waals surface area contributed by atoms with Crippen LogP contribution in [0.3, 0.4) is 0 Å². The molecule has 3 aliphatic rings. The standard InChI is InChI=1S/C23H34N2O2/c1-22(2,27-4)21(26)25-18(14-16-10-6-5-7-11-16)17-15-23(3)19(24-17)12-8-9-13-20(23)25/h5-7,10-11,17-20,24H,8-9,12-15H2,1-4H3/t17-,18-,19-,20+,23-/m0/s1. The lowest BCUT2D eigenvalue weighted by molar-refractivity contribution is -0.163. The number of piperidine rings is 1. The topological polar surface area (TPSA) is 41.6 Å². The molecule has 1 aromatic rings. The number of amides is 1. The molecule has 1 saturated carbocycles. The summed E-state index contributed by atoms with van der Waals surface area (Å²) in [6, 6.07) is 12.0. The quantitative estimate of drug-likeness (QED) is 0.881. The number of benzene rings is 1. The van der Waals surface area contributed by atoms with E-state index in [1.807, 2.05) is 13.8 Å². The van der Waals surface area contributed by atoms with Crippen LogP contribution >= 0.6 is 0 Å². The van der Waals surface area contributed by atoms with E-state index in [0.717, 1.165) is 12.8 Å². The Balaban J connectivity index is 1.75. The van der Waals surface area contributed by atoms with Crippen LogP contribution in [0.1, 0.15) is 58.4 Å². The van der Waals surface area contributed by atoms with Crippen LogP contribution in [0.25, 0.3) is 0 Å². The van der Waals surface area contributed by atoms with Crippen molar-refractivity contribution in [1.82, 2.24) is 10.2 Å². The fourth-order valence-corrected chi connectivity index (χ4v) is 5.84. The molecule has 1 aliphatic carbocycles. The molecule has 0 unspecified atom stereocenters. The SMILES string of the molecule is COC(C)(C)C(=O)N1[C@@H](Cc2ccccc2)[C@@H]2C[C@@]3(C)[C@H](CCCC[C@@H]13)N2. The summed E-state index contributed by atoms with van der Waals surface area (Å²) in [5.41, 5.74) is 0.692. The smallest absolute Gasteiger partial charge is 0.254 e. The number of nitrogens with zero attached hydrogens (tertiary/aromatic N) is 1. The lowest BCUT2D eigenvalue weighted by Crippen LogP contribution is -2.65. The molecule has 0 radical (unpaired) electrons. The van der Waals surface area contributed by atoms with Crippen LogP contribution < -0.4 is 5.32 Å². The zero-order valence-electron chi connectivity index (χ0n) is 17.2. The molecule has 0 spiro atoms. The second kappa shape index (κ2) is 6.89. The van der Waals surface area contributed by atoms with Crippen LogP contribution in [0.15, 0.2) is 30.3 Å². The Labute approximate surface area is 163 Å². The number of likely N-dealkylation sites (tertiary alicyclic amines) is 1. The first-order valence-corrected chi connectivity index (χ1v) is 10.5. The van der Waals surface area contributed by atoms with Gasteiger partial charge in [-0.25, -0.2) is 0 Å². The number of ether oxygens (including phenoxy) is 1. The zero-order valence-corrected chi connectivity index (χ0v) is 17.2. The number of hydrogen-bond acceptors (Lipinski definition) is 3. The zero-order chi connectivity index (χ0) is 19.2. The number of carbonyl (C=O) groups is 1. The first kappa shape index (κ1) is 18.9. The number of methoxy groups -OCH3 is 1. The second-order valence-corrected chi connectivity index (χ2v) is 9.52. The van der Waals surface area contributed by atoms with E-state index >= 15 is 0 Å². The highest BCUT2D eigenvalue weighted by Gasteiger charge is 2.60. The molecule has 2 heterocycles. The van der Waals surface area contributed by atoms with E-state index < -0.39 is 5.60 Å². The molecule has 4 heteroatoms.